The molecule has 0 aromatic heterocycles. The molecule has 2 aliphatic rings. The number of nitrogens with zero attached hydrogens (tertiary/aromatic N) is 2. The molecule has 0 aliphatic carbocycles. The van der Waals surface area contributed by atoms with E-state index in [1.54, 1.807) is 24.1 Å². The highest BCUT2D eigenvalue weighted by Crippen LogP contribution is 2.31. The van der Waals surface area contributed by atoms with E-state index in [1.165, 1.54) is 17.0 Å². The van der Waals surface area contributed by atoms with Crippen LogP contribution in [0, 0.1) is 5.82 Å². The Labute approximate surface area is 138 Å². The van der Waals surface area contributed by atoms with Gasteiger partial charge in [-0.1, -0.05) is 12.1 Å². The number of hydrogen-bond acceptors (Lipinski definition) is 4. The van der Waals surface area contributed by atoms with Crippen molar-refractivity contribution in [1.29, 1.82) is 0 Å². The van der Waals surface area contributed by atoms with E-state index in [4.69, 9.17) is 4.74 Å². The first-order chi connectivity index (χ1) is 11.1. The lowest BCUT2D eigenvalue weighted by Gasteiger charge is -2.40. The van der Waals surface area contributed by atoms with E-state index in [2.05, 4.69) is 0 Å². The molecule has 2 aliphatic heterocycles. The van der Waals surface area contributed by atoms with Gasteiger partial charge in [-0.15, -0.1) is 0 Å². The highest BCUT2D eigenvalue weighted by Gasteiger charge is 2.42. The van der Waals surface area contributed by atoms with Gasteiger partial charge >= 0.3 is 0 Å². The third-order valence-electron chi connectivity index (χ3n) is 4.24. The topological polar surface area (TPSA) is 49.9 Å². The van der Waals surface area contributed by atoms with E-state index >= 15 is 0 Å². The van der Waals surface area contributed by atoms with E-state index in [0.29, 0.717) is 18.7 Å². The maximum Gasteiger partial charge on any atom is 0.254 e. The number of carbonyl (C=O) groups excluding carboxylic acids is 2. The Morgan fingerprint density at radius 3 is 2.78 bits per heavy atom. The number of likely N-dealkylation sites (N-methyl/N-ethyl adjacent to an activating group) is 1. The van der Waals surface area contributed by atoms with Gasteiger partial charge in [0.25, 0.3) is 5.91 Å². The van der Waals surface area contributed by atoms with Gasteiger partial charge < -0.3 is 14.5 Å². The molecule has 1 aromatic carbocycles. The molecule has 23 heavy (non-hydrogen) atoms. The van der Waals surface area contributed by atoms with Gasteiger partial charge in [0.1, 0.15) is 12.4 Å². The number of hydrogen-bond donors (Lipinski definition) is 0. The molecule has 5 nitrogen and oxygen atoms in total. The van der Waals surface area contributed by atoms with Crippen molar-refractivity contribution in [3.05, 3.63) is 35.6 Å². The average Bonchev–Trinajstić information content (AvgIpc) is 2.57. The van der Waals surface area contributed by atoms with E-state index in [0.717, 1.165) is 11.5 Å². The summed E-state index contributed by atoms with van der Waals surface area (Å²) in [5.41, 5.74) is 0.574. The first-order valence-electron chi connectivity index (χ1n) is 7.57. The normalized spacial score (nSPS) is 25.6. The molecule has 0 spiro atoms. The van der Waals surface area contributed by atoms with Crippen LogP contribution in [0.1, 0.15) is 11.6 Å². The van der Waals surface area contributed by atoms with Crippen LogP contribution in [-0.2, 0) is 14.3 Å². The van der Waals surface area contributed by atoms with Gasteiger partial charge in [0.15, 0.2) is 6.10 Å². The van der Waals surface area contributed by atoms with Gasteiger partial charge in [-0.3, -0.25) is 9.59 Å². The smallest absolute Gasteiger partial charge is 0.254 e. The van der Waals surface area contributed by atoms with Crippen molar-refractivity contribution in [3.63, 3.8) is 0 Å². The summed E-state index contributed by atoms with van der Waals surface area (Å²) in [7, 11) is 1.63. The van der Waals surface area contributed by atoms with Crippen LogP contribution in [0.25, 0.3) is 0 Å². The lowest BCUT2D eigenvalue weighted by molar-refractivity contribution is -0.167. The quantitative estimate of drug-likeness (QED) is 0.816. The summed E-state index contributed by atoms with van der Waals surface area (Å²) in [6.07, 6.45) is -0.789. The molecule has 0 N–H and O–H groups in total. The van der Waals surface area contributed by atoms with Gasteiger partial charge in [0, 0.05) is 31.6 Å². The Bertz CT molecular complexity index is 607. The van der Waals surface area contributed by atoms with Crippen LogP contribution in [0.3, 0.4) is 0 Å². The highest BCUT2D eigenvalue weighted by atomic mass is 32.2. The zero-order valence-electron chi connectivity index (χ0n) is 12.9. The van der Waals surface area contributed by atoms with Crippen molar-refractivity contribution in [2.75, 3.05) is 38.2 Å². The molecule has 0 saturated carbocycles. The Kier molecular flexibility index (Phi) is 4.87. The second kappa shape index (κ2) is 6.88. The standard InChI is InChI=1S/C16H19FN2O3S/c1-18-13(20)10-22-15(16(21)19-5-7-23-8-6-19)14(18)11-3-2-4-12(17)9-11/h2-4,9,14-15H,5-8,10H2,1H3/t14-,15-/m1/s1. The monoisotopic (exact) mass is 338 g/mol. The molecule has 1 aromatic rings. The Hall–Kier alpha value is -1.60. The van der Waals surface area contributed by atoms with Crippen LogP contribution in [0.15, 0.2) is 24.3 Å². The van der Waals surface area contributed by atoms with Crippen molar-refractivity contribution in [1.82, 2.24) is 9.80 Å². The van der Waals surface area contributed by atoms with Crippen LogP contribution in [0.4, 0.5) is 4.39 Å². The number of halogens is 1. The number of carbonyl (C=O) groups is 2. The SMILES string of the molecule is CN1C(=O)CO[C@@H](C(=O)N2CCSCC2)[C@H]1c1cccc(F)c1. The van der Waals surface area contributed by atoms with Crippen molar-refractivity contribution in [2.45, 2.75) is 12.1 Å². The molecular formula is C16H19FN2O3S. The van der Waals surface area contributed by atoms with Gasteiger partial charge in [-0.2, -0.15) is 11.8 Å². The Morgan fingerprint density at radius 1 is 1.35 bits per heavy atom. The van der Waals surface area contributed by atoms with Crippen molar-refractivity contribution < 1.29 is 18.7 Å². The number of morpholine rings is 1. The molecule has 2 atom stereocenters. The average molecular weight is 338 g/mol. The number of benzene rings is 1. The van der Waals surface area contributed by atoms with E-state index < -0.39 is 18.0 Å². The number of ether oxygens (including phenoxy) is 1. The van der Waals surface area contributed by atoms with Crippen LogP contribution in [-0.4, -0.2) is 66.0 Å². The van der Waals surface area contributed by atoms with Gasteiger partial charge in [-0.05, 0) is 17.7 Å². The first-order valence-corrected chi connectivity index (χ1v) is 8.72. The van der Waals surface area contributed by atoms with E-state index in [-0.39, 0.29) is 18.4 Å². The molecule has 2 heterocycles. The third kappa shape index (κ3) is 3.35. The summed E-state index contributed by atoms with van der Waals surface area (Å²) in [6.45, 7) is 1.23. The van der Waals surface area contributed by atoms with Crippen molar-refractivity contribution in [2.24, 2.45) is 0 Å². The van der Waals surface area contributed by atoms with Crippen LogP contribution in [0.5, 0.6) is 0 Å². The zero-order chi connectivity index (χ0) is 16.4. The van der Waals surface area contributed by atoms with Gasteiger partial charge in [0.2, 0.25) is 5.91 Å². The lowest BCUT2D eigenvalue weighted by Crippen LogP contribution is -2.55. The molecule has 2 amide bonds. The number of rotatable bonds is 2. The summed E-state index contributed by atoms with van der Waals surface area (Å²) < 4.78 is 19.2. The van der Waals surface area contributed by atoms with Crippen molar-refractivity contribution >= 4 is 23.6 Å². The summed E-state index contributed by atoms with van der Waals surface area (Å²) in [5.74, 6) is 1.07. The minimum atomic E-state index is -0.789. The number of thioether (sulfide) groups is 1. The first kappa shape index (κ1) is 16.3. The largest absolute Gasteiger partial charge is 0.356 e. The molecule has 2 saturated heterocycles. The maximum atomic E-state index is 13.6. The fourth-order valence-corrected chi connectivity index (χ4v) is 3.87. The summed E-state index contributed by atoms with van der Waals surface area (Å²) in [6, 6.07) is 5.40. The predicted octanol–water partition coefficient (Wildman–Crippen LogP) is 1.30. The van der Waals surface area contributed by atoms with E-state index in [9.17, 15) is 14.0 Å². The minimum Gasteiger partial charge on any atom is -0.356 e. The fourth-order valence-electron chi connectivity index (χ4n) is 2.97. The molecule has 0 bridgehead atoms. The van der Waals surface area contributed by atoms with Gasteiger partial charge in [-0.25, -0.2) is 4.39 Å². The summed E-state index contributed by atoms with van der Waals surface area (Å²) >= 11 is 1.81. The van der Waals surface area contributed by atoms with E-state index in [1.807, 2.05) is 11.8 Å². The molecule has 7 heteroatoms. The molecule has 2 fully saturated rings. The fraction of sp³-hybridized carbons (Fsp3) is 0.500. The minimum absolute atomic E-state index is 0.124. The maximum absolute atomic E-state index is 13.6. The second-order valence-electron chi connectivity index (χ2n) is 5.67. The van der Waals surface area contributed by atoms with Gasteiger partial charge in [0.05, 0.1) is 6.04 Å². The number of amides is 2. The summed E-state index contributed by atoms with van der Waals surface area (Å²) in [5, 5.41) is 0. The Morgan fingerprint density at radius 2 is 2.09 bits per heavy atom. The predicted molar refractivity (Wildman–Crippen MR) is 85.6 cm³/mol. The molecule has 3 rings (SSSR count). The van der Waals surface area contributed by atoms with Crippen LogP contribution >= 0.6 is 11.8 Å². The molecule has 124 valence electrons. The van der Waals surface area contributed by atoms with Crippen molar-refractivity contribution in [3.8, 4) is 0 Å². The molecular weight excluding hydrogens is 319 g/mol. The summed E-state index contributed by atoms with van der Waals surface area (Å²) in [4.78, 5) is 28.1. The molecule has 0 radical (unpaired) electrons. The highest BCUT2D eigenvalue weighted by molar-refractivity contribution is 7.99. The Balaban J connectivity index is 1.89. The lowest BCUT2D eigenvalue weighted by atomic mass is 9.97. The second-order valence-corrected chi connectivity index (χ2v) is 6.90. The van der Waals surface area contributed by atoms with Crippen LogP contribution < -0.4 is 0 Å². The molecule has 0 unspecified atom stereocenters. The van der Waals surface area contributed by atoms with Crippen LogP contribution in [0.2, 0.25) is 0 Å². The third-order valence-corrected chi connectivity index (χ3v) is 5.18. The zero-order valence-corrected chi connectivity index (χ0v) is 13.7.